The highest BCUT2D eigenvalue weighted by molar-refractivity contribution is 9.10. The van der Waals surface area contributed by atoms with Crippen LogP contribution >= 0.6 is 15.9 Å². The average Bonchev–Trinajstić information content (AvgIpc) is 2.25. The Balaban J connectivity index is 2.48. The monoisotopic (exact) mass is 298 g/mol. The van der Waals surface area contributed by atoms with Crippen molar-refractivity contribution in [3.8, 4) is 0 Å². The molecule has 1 aromatic carbocycles. The highest BCUT2D eigenvalue weighted by Crippen LogP contribution is 2.17. The first-order valence-electron chi connectivity index (χ1n) is 5.90. The Hall–Kier alpha value is -0.670. The molecule has 0 fully saturated rings. The number of benzene rings is 1. The van der Waals surface area contributed by atoms with E-state index < -0.39 is 0 Å². The fraction of sp³-hybridized carbons (Fsp3) is 0.500. The number of hydrogen-bond acceptors (Lipinski definition) is 2. The smallest absolute Gasteiger partial charge is 0.189 e. The van der Waals surface area contributed by atoms with Crippen LogP contribution in [0.3, 0.4) is 0 Å². The SMILES string of the molecule is CC(C)CC(C)OCC(=O)c1ccccc1Br. The summed E-state index contributed by atoms with van der Waals surface area (Å²) in [4.78, 5) is 11.9. The van der Waals surface area contributed by atoms with E-state index in [1.807, 2.05) is 31.2 Å². The van der Waals surface area contributed by atoms with Crippen LogP contribution in [0.1, 0.15) is 37.6 Å². The summed E-state index contributed by atoms with van der Waals surface area (Å²) >= 11 is 3.37. The molecule has 0 radical (unpaired) electrons. The van der Waals surface area contributed by atoms with Crippen LogP contribution in [0.25, 0.3) is 0 Å². The standard InChI is InChI=1S/C14H19BrO2/c1-10(2)8-11(3)17-9-14(16)12-6-4-5-7-13(12)15/h4-7,10-11H,8-9H2,1-3H3. The van der Waals surface area contributed by atoms with E-state index in [1.54, 1.807) is 0 Å². The van der Waals surface area contributed by atoms with Gasteiger partial charge < -0.3 is 4.74 Å². The molecule has 3 heteroatoms. The molecule has 2 nitrogen and oxygen atoms in total. The molecule has 1 rings (SSSR count). The van der Waals surface area contributed by atoms with Crippen molar-refractivity contribution in [1.29, 1.82) is 0 Å². The molecule has 17 heavy (non-hydrogen) atoms. The van der Waals surface area contributed by atoms with Crippen LogP contribution in [0, 0.1) is 5.92 Å². The van der Waals surface area contributed by atoms with E-state index in [1.165, 1.54) is 0 Å². The molecule has 0 amide bonds. The summed E-state index contributed by atoms with van der Waals surface area (Å²) in [6.45, 7) is 6.45. The topological polar surface area (TPSA) is 26.3 Å². The third-order valence-electron chi connectivity index (χ3n) is 2.48. The maximum absolute atomic E-state index is 11.9. The second kappa shape index (κ2) is 6.92. The molecule has 0 aliphatic rings. The van der Waals surface area contributed by atoms with Crippen LogP contribution in [-0.2, 0) is 4.74 Å². The Labute approximate surface area is 111 Å². The third kappa shape index (κ3) is 5.00. The normalized spacial score (nSPS) is 12.8. The maximum Gasteiger partial charge on any atom is 0.189 e. The van der Waals surface area contributed by atoms with E-state index >= 15 is 0 Å². The van der Waals surface area contributed by atoms with Gasteiger partial charge in [-0.2, -0.15) is 0 Å². The number of hydrogen-bond donors (Lipinski definition) is 0. The Morgan fingerprint density at radius 2 is 1.94 bits per heavy atom. The van der Waals surface area contributed by atoms with E-state index in [-0.39, 0.29) is 18.5 Å². The molecule has 0 aromatic heterocycles. The molecule has 0 bridgehead atoms. The minimum atomic E-state index is 0.0214. The van der Waals surface area contributed by atoms with Crippen LogP contribution in [0.15, 0.2) is 28.7 Å². The van der Waals surface area contributed by atoms with E-state index in [0.29, 0.717) is 11.5 Å². The van der Waals surface area contributed by atoms with Gasteiger partial charge >= 0.3 is 0 Å². The van der Waals surface area contributed by atoms with Crippen molar-refractivity contribution in [2.24, 2.45) is 5.92 Å². The molecule has 0 aliphatic carbocycles. The van der Waals surface area contributed by atoms with Crippen molar-refractivity contribution in [1.82, 2.24) is 0 Å². The highest BCUT2D eigenvalue weighted by atomic mass is 79.9. The number of halogens is 1. The van der Waals surface area contributed by atoms with Gasteiger partial charge in [-0.3, -0.25) is 4.79 Å². The summed E-state index contributed by atoms with van der Waals surface area (Å²) in [5.41, 5.74) is 0.684. The summed E-state index contributed by atoms with van der Waals surface area (Å²) in [5.74, 6) is 0.608. The van der Waals surface area contributed by atoms with Gasteiger partial charge in [0.15, 0.2) is 5.78 Å². The minimum absolute atomic E-state index is 0.0214. The van der Waals surface area contributed by atoms with Crippen molar-refractivity contribution in [2.45, 2.75) is 33.3 Å². The molecule has 0 saturated carbocycles. The predicted molar refractivity (Wildman–Crippen MR) is 73.3 cm³/mol. The molecular weight excluding hydrogens is 280 g/mol. The quantitative estimate of drug-likeness (QED) is 0.740. The Morgan fingerprint density at radius 3 is 2.53 bits per heavy atom. The first kappa shape index (κ1) is 14.4. The van der Waals surface area contributed by atoms with Gasteiger partial charge in [-0.15, -0.1) is 0 Å². The molecule has 1 unspecified atom stereocenters. The van der Waals surface area contributed by atoms with Crippen LogP contribution in [-0.4, -0.2) is 18.5 Å². The molecule has 0 saturated heterocycles. The second-order valence-corrected chi connectivity index (χ2v) is 5.51. The summed E-state index contributed by atoms with van der Waals surface area (Å²) in [7, 11) is 0. The molecule has 0 aliphatic heterocycles. The fourth-order valence-electron chi connectivity index (χ4n) is 1.71. The lowest BCUT2D eigenvalue weighted by Gasteiger charge is -2.14. The molecule has 1 aromatic rings. The molecular formula is C14H19BrO2. The Kier molecular flexibility index (Phi) is 5.86. The van der Waals surface area contributed by atoms with Crippen LogP contribution in [0.2, 0.25) is 0 Å². The van der Waals surface area contributed by atoms with Gasteiger partial charge in [0.25, 0.3) is 0 Å². The van der Waals surface area contributed by atoms with E-state index in [9.17, 15) is 4.79 Å². The predicted octanol–water partition coefficient (Wildman–Crippen LogP) is 4.08. The van der Waals surface area contributed by atoms with Gasteiger partial charge in [-0.05, 0) is 25.3 Å². The number of Topliss-reactive ketones (excluding diaryl/α,β-unsaturated/α-hetero) is 1. The maximum atomic E-state index is 11.9. The summed E-state index contributed by atoms with van der Waals surface area (Å²) in [6, 6.07) is 7.42. The number of carbonyl (C=O) groups is 1. The van der Waals surface area contributed by atoms with Crippen LogP contribution in [0.5, 0.6) is 0 Å². The summed E-state index contributed by atoms with van der Waals surface area (Å²) in [5, 5.41) is 0. The lowest BCUT2D eigenvalue weighted by molar-refractivity contribution is 0.0444. The van der Waals surface area contributed by atoms with Crippen molar-refractivity contribution < 1.29 is 9.53 Å². The largest absolute Gasteiger partial charge is 0.370 e. The number of ether oxygens (including phenoxy) is 1. The first-order chi connectivity index (χ1) is 8.00. The van der Waals surface area contributed by atoms with Gasteiger partial charge in [-0.1, -0.05) is 48.0 Å². The Bertz CT molecular complexity index is 374. The lowest BCUT2D eigenvalue weighted by atomic mass is 10.1. The van der Waals surface area contributed by atoms with Gasteiger partial charge in [0.2, 0.25) is 0 Å². The number of carbonyl (C=O) groups excluding carboxylic acids is 1. The van der Waals surface area contributed by atoms with Gasteiger partial charge in [0, 0.05) is 10.0 Å². The number of rotatable bonds is 6. The fourth-order valence-corrected chi connectivity index (χ4v) is 2.22. The minimum Gasteiger partial charge on any atom is -0.370 e. The molecule has 94 valence electrons. The number of ketones is 1. The van der Waals surface area contributed by atoms with Gasteiger partial charge in [0.1, 0.15) is 6.61 Å². The van der Waals surface area contributed by atoms with Crippen molar-refractivity contribution in [2.75, 3.05) is 6.61 Å². The third-order valence-corrected chi connectivity index (χ3v) is 3.17. The summed E-state index contributed by atoms with van der Waals surface area (Å²) in [6.07, 6.45) is 1.10. The Morgan fingerprint density at radius 1 is 1.29 bits per heavy atom. The second-order valence-electron chi connectivity index (χ2n) is 4.65. The van der Waals surface area contributed by atoms with Crippen LogP contribution in [0.4, 0.5) is 0 Å². The lowest BCUT2D eigenvalue weighted by Crippen LogP contribution is -2.17. The van der Waals surface area contributed by atoms with E-state index in [4.69, 9.17) is 4.74 Å². The van der Waals surface area contributed by atoms with Crippen molar-refractivity contribution in [3.63, 3.8) is 0 Å². The van der Waals surface area contributed by atoms with Gasteiger partial charge in [0.05, 0.1) is 6.10 Å². The van der Waals surface area contributed by atoms with Crippen molar-refractivity contribution in [3.05, 3.63) is 34.3 Å². The zero-order valence-electron chi connectivity index (χ0n) is 10.6. The zero-order valence-corrected chi connectivity index (χ0v) is 12.2. The van der Waals surface area contributed by atoms with Crippen molar-refractivity contribution >= 4 is 21.7 Å². The molecule has 0 heterocycles. The molecule has 0 spiro atoms. The molecule has 1 atom stereocenters. The van der Waals surface area contributed by atoms with E-state index in [2.05, 4.69) is 29.8 Å². The van der Waals surface area contributed by atoms with E-state index in [0.717, 1.165) is 10.9 Å². The summed E-state index contributed by atoms with van der Waals surface area (Å²) < 4.78 is 6.38. The van der Waals surface area contributed by atoms with Crippen LogP contribution < -0.4 is 0 Å². The molecule has 0 N–H and O–H groups in total. The highest BCUT2D eigenvalue weighted by Gasteiger charge is 2.12. The zero-order chi connectivity index (χ0) is 12.8. The first-order valence-corrected chi connectivity index (χ1v) is 6.69. The van der Waals surface area contributed by atoms with Gasteiger partial charge in [-0.25, -0.2) is 0 Å². The average molecular weight is 299 g/mol.